The fourth-order valence-corrected chi connectivity index (χ4v) is 15.7. The number of furan rings is 2. The highest BCUT2D eigenvalue weighted by molar-refractivity contribution is 7.29. The Morgan fingerprint density at radius 1 is 0.565 bits per heavy atom. The molecule has 7 rings (SSSR count). The minimum atomic E-state index is -1.07. The van der Waals surface area contributed by atoms with Crippen molar-refractivity contribution in [3.63, 3.8) is 0 Å². The van der Waals surface area contributed by atoms with Crippen molar-refractivity contribution < 1.29 is 28.3 Å². The maximum absolute atomic E-state index is 15.9. The van der Waals surface area contributed by atoms with Crippen LogP contribution in [-0.2, 0) is 26.8 Å². The molecule has 8 nitrogen and oxygen atoms in total. The van der Waals surface area contributed by atoms with E-state index >= 15 is 4.79 Å². The summed E-state index contributed by atoms with van der Waals surface area (Å²) in [5.74, 6) is 3.16. The van der Waals surface area contributed by atoms with Gasteiger partial charge in [0.05, 0.1) is 43.4 Å². The lowest BCUT2D eigenvalue weighted by Gasteiger charge is -2.32. The van der Waals surface area contributed by atoms with E-state index < -0.39 is 6.23 Å². The lowest BCUT2D eigenvalue weighted by Crippen LogP contribution is -2.37. The van der Waals surface area contributed by atoms with E-state index in [2.05, 4.69) is 112 Å². The van der Waals surface area contributed by atoms with Gasteiger partial charge in [0.25, 0.3) is 5.91 Å². The number of esters is 1. The summed E-state index contributed by atoms with van der Waals surface area (Å²) in [5.41, 5.74) is 4.04. The first-order chi connectivity index (χ1) is 41.0. The molecular weight excluding hydrogens is 1090 g/mol. The largest absolute Gasteiger partial charge is 0.462 e. The SMILES string of the molecule is CCCCCCCCCCCCOC(=O)c1c(CCCCCC)c2cc(-c3ccc(C4=C5C(=C(c6ccc(C(C)(C)C)o6)N(CC(CCCC)CCCCCC)C5O)C(=O)N4CC(CCCC)CCCCCC)o3)sc2c2sc(C(C)(C)C)cc12. The Kier molecular flexibility index (Phi) is 26.9. The number of aliphatic hydroxyl groups is 1. The molecule has 5 aromatic rings. The summed E-state index contributed by atoms with van der Waals surface area (Å²) in [6.07, 6.45) is 34.5. The van der Waals surface area contributed by atoms with Gasteiger partial charge in [-0.05, 0) is 110 Å². The fourth-order valence-electron chi connectivity index (χ4n) is 13.1. The first-order valence-electron chi connectivity index (χ1n) is 34.7. The van der Waals surface area contributed by atoms with Crippen LogP contribution in [0.2, 0.25) is 0 Å². The number of aliphatic hydroxyl groups excluding tert-OH is 1. The molecule has 0 saturated heterocycles. The van der Waals surface area contributed by atoms with E-state index in [-0.39, 0.29) is 22.7 Å². The Morgan fingerprint density at radius 3 is 1.65 bits per heavy atom. The number of nitrogens with zero attached hydrogens (tertiary/aromatic N) is 2. The molecule has 4 aromatic heterocycles. The Hall–Kier alpha value is -4.12. The van der Waals surface area contributed by atoms with Gasteiger partial charge in [-0.15, -0.1) is 22.7 Å². The molecule has 0 bridgehead atoms. The zero-order valence-corrected chi connectivity index (χ0v) is 57.1. The summed E-state index contributed by atoms with van der Waals surface area (Å²) < 4.78 is 22.7. The number of hydrogen-bond acceptors (Lipinski definition) is 9. The van der Waals surface area contributed by atoms with Crippen molar-refractivity contribution in [2.75, 3.05) is 19.7 Å². The van der Waals surface area contributed by atoms with Crippen LogP contribution < -0.4 is 0 Å². The Morgan fingerprint density at radius 2 is 1.07 bits per heavy atom. The topological polar surface area (TPSA) is 96.4 Å². The van der Waals surface area contributed by atoms with E-state index in [0.717, 1.165) is 152 Å². The molecule has 0 radical (unpaired) electrons. The Bertz CT molecular complexity index is 2930. The molecule has 10 heteroatoms. The molecule has 0 spiro atoms. The molecule has 0 aliphatic carbocycles. The third-order valence-corrected chi connectivity index (χ3v) is 21.1. The highest BCUT2D eigenvalue weighted by Crippen LogP contribution is 2.52. The van der Waals surface area contributed by atoms with E-state index in [1.807, 2.05) is 17.0 Å². The van der Waals surface area contributed by atoms with Crippen LogP contribution in [0.5, 0.6) is 0 Å². The molecule has 1 N–H and O–H groups in total. The van der Waals surface area contributed by atoms with Crippen LogP contribution in [-0.4, -0.2) is 52.7 Å². The van der Waals surface area contributed by atoms with E-state index in [1.165, 1.54) is 99.5 Å². The van der Waals surface area contributed by atoms with E-state index in [4.69, 9.17) is 13.6 Å². The van der Waals surface area contributed by atoms with Crippen LogP contribution >= 0.6 is 22.7 Å². The molecule has 2 aliphatic rings. The second-order valence-corrected chi connectivity index (χ2v) is 29.8. The molecule has 6 heterocycles. The fraction of sp³-hybridized carbons (Fsp3) is 0.680. The molecular formula is C75H114N2O6S2. The first-order valence-corrected chi connectivity index (χ1v) is 36.3. The molecule has 1 amide bonds. The molecule has 1 aromatic carbocycles. The van der Waals surface area contributed by atoms with Gasteiger partial charge in [0.1, 0.15) is 11.5 Å². The van der Waals surface area contributed by atoms with E-state index in [9.17, 15) is 9.90 Å². The highest BCUT2D eigenvalue weighted by Gasteiger charge is 2.51. The lowest BCUT2D eigenvalue weighted by atomic mass is 9.91. The van der Waals surface area contributed by atoms with Gasteiger partial charge in [0, 0.05) is 34.3 Å². The van der Waals surface area contributed by atoms with Crippen LogP contribution in [0, 0.1) is 11.8 Å². The number of amides is 1. The summed E-state index contributed by atoms with van der Waals surface area (Å²) in [6, 6.07) is 12.8. The van der Waals surface area contributed by atoms with Crippen molar-refractivity contribution in [1.29, 1.82) is 0 Å². The number of carbonyl (C=O) groups is 2. The quantitative estimate of drug-likeness (QED) is 0.0308. The smallest absolute Gasteiger partial charge is 0.339 e. The maximum Gasteiger partial charge on any atom is 0.339 e. The number of benzene rings is 1. The van der Waals surface area contributed by atoms with Gasteiger partial charge in [-0.3, -0.25) is 4.79 Å². The zero-order valence-electron chi connectivity index (χ0n) is 55.4. The molecule has 85 heavy (non-hydrogen) atoms. The molecule has 472 valence electrons. The maximum atomic E-state index is 15.9. The molecule has 3 unspecified atom stereocenters. The third kappa shape index (κ3) is 17.8. The lowest BCUT2D eigenvalue weighted by molar-refractivity contribution is -0.123. The van der Waals surface area contributed by atoms with Gasteiger partial charge >= 0.3 is 5.97 Å². The zero-order chi connectivity index (χ0) is 61.1. The van der Waals surface area contributed by atoms with Gasteiger partial charge in [0.2, 0.25) is 0 Å². The van der Waals surface area contributed by atoms with Crippen LogP contribution in [0.3, 0.4) is 0 Å². The number of hydrogen-bond donors (Lipinski definition) is 1. The van der Waals surface area contributed by atoms with Gasteiger partial charge in [-0.1, -0.05) is 237 Å². The molecule has 3 atom stereocenters. The minimum Gasteiger partial charge on any atom is -0.462 e. The summed E-state index contributed by atoms with van der Waals surface area (Å²) in [7, 11) is 0. The van der Waals surface area contributed by atoms with Crippen molar-refractivity contribution in [2.24, 2.45) is 11.8 Å². The number of fused-ring (bicyclic) bond motifs is 4. The van der Waals surface area contributed by atoms with Crippen molar-refractivity contribution in [3.05, 3.63) is 80.8 Å². The number of ether oxygens (including phenoxy) is 1. The number of aryl methyl sites for hydroxylation is 1. The summed E-state index contributed by atoms with van der Waals surface area (Å²) in [4.78, 5) is 37.1. The number of carbonyl (C=O) groups excluding carboxylic acids is 2. The van der Waals surface area contributed by atoms with Gasteiger partial charge in [-0.25, -0.2) is 4.79 Å². The standard InChI is InChI=1S/C75H114N2O6S2/c1-13-19-25-29-30-31-32-33-34-38-48-81-73(80)64-55(43-37-28-22-16-4)56-49-61(84-69(56)70-57(64)50-63(85-70)75(10,11)12)58-44-45-59(82-58)67-65-66(72(79)76(67)51-53(39-23-17-5)41-35-26-20-14-2)68(60-46-47-62(83-60)74(7,8)9)77(71(65)78)52-54(40-24-18-6)42-36-27-21-15-3/h44-47,49-50,53-54,71,78H,13-43,48,51-52H2,1-12H3. The van der Waals surface area contributed by atoms with E-state index in [0.29, 0.717) is 65.6 Å². The van der Waals surface area contributed by atoms with E-state index in [1.54, 1.807) is 22.7 Å². The number of thiophene rings is 2. The Balaban J connectivity index is 1.34. The second kappa shape index (κ2) is 33.5. The van der Waals surface area contributed by atoms with Gasteiger partial charge in [0.15, 0.2) is 17.7 Å². The van der Waals surface area contributed by atoms with Crippen molar-refractivity contribution in [3.8, 4) is 10.6 Å². The van der Waals surface area contributed by atoms with Crippen LogP contribution in [0.4, 0.5) is 0 Å². The number of unbranched alkanes of at least 4 members (excludes halogenated alkanes) is 20. The monoisotopic (exact) mass is 1200 g/mol. The van der Waals surface area contributed by atoms with Gasteiger partial charge < -0.3 is 28.5 Å². The number of rotatable bonds is 40. The average molecular weight is 1200 g/mol. The predicted molar refractivity (Wildman–Crippen MR) is 363 cm³/mol. The van der Waals surface area contributed by atoms with Crippen LogP contribution in [0.1, 0.15) is 314 Å². The van der Waals surface area contributed by atoms with Crippen molar-refractivity contribution in [1.82, 2.24) is 9.80 Å². The highest BCUT2D eigenvalue weighted by atomic mass is 32.1. The third-order valence-electron chi connectivity index (χ3n) is 18.3. The van der Waals surface area contributed by atoms with Crippen LogP contribution in [0.25, 0.3) is 42.2 Å². The second-order valence-electron chi connectivity index (χ2n) is 27.7. The summed E-state index contributed by atoms with van der Waals surface area (Å²) in [6.45, 7) is 28.5. The normalized spacial score (nSPS) is 15.7. The summed E-state index contributed by atoms with van der Waals surface area (Å²) in [5, 5.41) is 15.4. The van der Waals surface area contributed by atoms with Gasteiger partial charge in [-0.2, -0.15) is 0 Å². The molecule has 0 fully saturated rings. The average Bonchev–Trinajstić information content (AvgIpc) is 1.60. The first kappa shape index (κ1) is 68.4. The van der Waals surface area contributed by atoms with Crippen molar-refractivity contribution in [2.45, 2.75) is 299 Å². The molecule has 0 saturated carbocycles. The van der Waals surface area contributed by atoms with Crippen LogP contribution in [0.15, 0.2) is 56.4 Å². The minimum absolute atomic E-state index is 0.0757. The molecule has 2 aliphatic heterocycles. The predicted octanol–water partition coefficient (Wildman–Crippen LogP) is 22.9. The van der Waals surface area contributed by atoms with Crippen molar-refractivity contribution >= 4 is 66.1 Å². The Labute approximate surface area is 523 Å². The summed E-state index contributed by atoms with van der Waals surface area (Å²) >= 11 is 3.55.